The summed E-state index contributed by atoms with van der Waals surface area (Å²) in [6, 6.07) is 7.51. The summed E-state index contributed by atoms with van der Waals surface area (Å²) in [4.78, 5) is 17.3. The summed E-state index contributed by atoms with van der Waals surface area (Å²) >= 11 is 0. The first-order valence-corrected chi connectivity index (χ1v) is 13.6. The topological polar surface area (TPSA) is 73.0 Å². The molecule has 1 amide bonds. The second-order valence-corrected chi connectivity index (χ2v) is 11.3. The molecule has 0 saturated carbocycles. The molecule has 1 aromatic carbocycles. The molecule has 0 radical (unpaired) electrons. The Kier molecular flexibility index (Phi) is 9.11. The summed E-state index contributed by atoms with van der Waals surface area (Å²) < 4.78 is 28.8. The molecule has 2 aliphatic heterocycles. The van der Waals surface area contributed by atoms with Crippen LogP contribution >= 0.6 is 0 Å². The van der Waals surface area contributed by atoms with E-state index >= 15 is 0 Å². The molecule has 1 atom stereocenters. The molecule has 7 nitrogen and oxygen atoms in total. The first-order valence-electron chi connectivity index (χ1n) is 12.1. The zero-order valence-electron chi connectivity index (χ0n) is 19.9. The van der Waals surface area contributed by atoms with Crippen molar-refractivity contribution in [3.63, 3.8) is 0 Å². The fraction of sp³-hybridized carbons (Fsp3) is 0.708. The van der Waals surface area contributed by atoms with E-state index in [-0.39, 0.29) is 24.9 Å². The van der Waals surface area contributed by atoms with Gasteiger partial charge in [0.1, 0.15) is 0 Å². The average molecular weight is 465 g/mol. The molecule has 32 heavy (non-hydrogen) atoms. The van der Waals surface area contributed by atoms with Crippen LogP contribution in [0.4, 0.5) is 0 Å². The second-order valence-electron chi connectivity index (χ2n) is 9.41. The minimum atomic E-state index is -3.67. The van der Waals surface area contributed by atoms with Gasteiger partial charge in [0.25, 0.3) is 0 Å². The van der Waals surface area contributed by atoms with Crippen LogP contribution in [-0.2, 0) is 21.2 Å². The monoisotopic (exact) mass is 464 g/mol. The maximum atomic E-state index is 13.6. The van der Waals surface area contributed by atoms with E-state index in [4.69, 9.17) is 0 Å². The lowest BCUT2D eigenvalue weighted by Gasteiger charge is -2.31. The first-order chi connectivity index (χ1) is 15.3. The van der Waals surface area contributed by atoms with Crippen molar-refractivity contribution in [3.8, 4) is 0 Å². The maximum absolute atomic E-state index is 13.6. The third kappa shape index (κ3) is 6.53. The predicted molar refractivity (Wildman–Crippen MR) is 128 cm³/mol. The van der Waals surface area contributed by atoms with Crippen molar-refractivity contribution >= 4 is 15.9 Å². The van der Waals surface area contributed by atoms with Gasteiger partial charge in [-0.25, -0.2) is 8.42 Å². The summed E-state index contributed by atoms with van der Waals surface area (Å²) in [5.74, 6) is 0.560. The normalized spacial score (nSPS) is 20.4. The number of piperazine rings is 1. The molecule has 1 aromatic rings. The zero-order chi connectivity index (χ0) is 23.1. The molecule has 1 N–H and O–H groups in total. The Labute approximate surface area is 194 Å². The lowest BCUT2D eigenvalue weighted by Crippen LogP contribution is -2.48. The number of likely N-dealkylation sites (N-methyl/N-ethyl adjacent to an activating group) is 1. The maximum Gasteiger partial charge on any atom is 0.243 e. The van der Waals surface area contributed by atoms with E-state index in [1.54, 1.807) is 16.4 Å². The fourth-order valence-corrected chi connectivity index (χ4v) is 6.25. The van der Waals surface area contributed by atoms with Crippen molar-refractivity contribution in [2.75, 3.05) is 52.4 Å². The van der Waals surface area contributed by atoms with Gasteiger partial charge in [-0.1, -0.05) is 32.9 Å². The Bertz CT molecular complexity index is 835. The number of nitrogens with one attached hydrogen (secondary N) is 1. The molecular weight excluding hydrogens is 424 g/mol. The highest BCUT2D eigenvalue weighted by Gasteiger charge is 2.32. The Balaban J connectivity index is 1.75. The summed E-state index contributed by atoms with van der Waals surface area (Å²) in [6.07, 6.45) is 3.25. The van der Waals surface area contributed by atoms with Crippen LogP contribution in [0.5, 0.6) is 0 Å². The van der Waals surface area contributed by atoms with E-state index in [0.717, 1.165) is 51.0 Å². The van der Waals surface area contributed by atoms with Gasteiger partial charge in [0.2, 0.25) is 15.9 Å². The molecule has 8 heteroatoms. The van der Waals surface area contributed by atoms with Gasteiger partial charge in [-0.3, -0.25) is 9.69 Å². The van der Waals surface area contributed by atoms with Gasteiger partial charge in [0.05, 0.1) is 4.90 Å². The molecule has 1 unspecified atom stereocenters. The highest BCUT2D eigenvalue weighted by Crippen LogP contribution is 2.23. The van der Waals surface area contributed by atoms with E-state index in [9.17, 15) is 13.2 Å². The molecule has 0 aliphatic carbocycles. The van der Waals surface area contributed by atoms with Gasteiger partial charge in [-0.2, -0.15) is 4.31 Å². The van der Waals surface area contributed by atoms with Crippen molar-refractivity contribution in [2.45, 2.75) is 57.4 Å². The van der Waals surface area contributed by atoms with Gasteiger partial charge in [-0.15, -0.1) is 0 Å². The number of carbonyl (C=O) groups excluding carboxylic acids is 1. The smallest absolute Gasteiger partial charge is 0.243 e. The lowest BCUT2D eigenvalue weighted by molar-refractivity contribution is -0.131. The largest absolute Gasteiger partial charge is 0.340 e. The summed E-state index contributed by atoms with van der Waals surface area (Å²) in [5, 5.41) is 3.25. The second kappa shape index (κ2) is 11.6. The third-order valence-electron chi connectivity index (χ3n) is 6.57. The summed E-state index contributed by atoms with van der Waals surface area (Å²) in [6.45, 7) is 12.0. The van der Waals surface area contributed by atoms with Gasteiger partial charge in [0.15, 0.2) is 0 Å². The molecule has 0 aromatic heterocycles. The molecule has 2 heterocycles. The van der Waals surface area contributed by atoms with Crippen molar-refractivity contribution in [2.24, 2.45) is 5.92 Å². The van der Waals surface area contributed by atoms with Gasteiger partial charge in [-0.05, 0) is 56.0 Å². The number of amides is 1. The van der Waals surface area contributed by atoms with Crippen molar-refractivity contribution < 1.29 is 13.2 Å². The van der Waals surface area contributed by atoms with Gasteiger partial charge < -0.3 is 10.2 Å². The number of sulfonamides is 1. The SMILES string of the molecule is CCN1CCCC1CN(CCC(=O)N1CCNCC1)S(=O)(=O)c1ccc(CC(C)C)cc1. The highest BCUT2D eigenvalue weighted by molar-refractivity contribution is 7.89. The molecule has 0 bridgehead atoms. The Morgan fingerprint density at radius 3 is 2.47 bits per heavy atom. The molecule has 2 fully saturated rings. The Morgan fingerprint density at radius 1 is 1.16 bits per heavy atom. The fourth-order valence-electron chi connectivity index (χ4n) is 4.77. The molecule has 0 spiro atoms. The van der Waals surface area contributed by atoms with Crippen molar-refractivity contribution in [1.82, 2.24) is 19.4 Å². The number of hydrogen-bond acceptors (Lipinski definition) is 5. The van der Waals surface area contributed by atoms with Crippen LogP contribution in [-0.4, -0.2) is 86.8 Å². The van der Waals surface area contributed by atoms with Crippen LogP contribution < -0.4 is 5.32 Å². The predicted octanol–water partition coefficient (Wildman–Crippen LogP) is 2.18. The minimum Gasteiger partial charge on any atom is -0.340 e. The van der Waals surface area contributed by atoms with Crippen LogP contribution in [0, 0.1) is 5.92 Å². The summed E-state index contributed by atoms with van der Waals surface area (Å²) in [5.41, 5.74) is 1.15. The van der Waals surface area contributed by atoms with E-state index in [1.807, 2.05) is 17.0 Å². The highest BCUT2D eigenvalue weighted by atomic mass is 32.2. The Hall–Kier alpha value is -1.48. The molecular formula is C24H40N4O3S. The zero-order valence-corrected chi connectivity index (χ0v) is 20.7. The van der Waals surface area contributed by atoms with Crippen LogP contribution in [0.3, 0.4) is 0 Å². The Morgan fingerprint density at radius 2 is 1.84 bits per heavy atom. The van der Waals surface area contributed by atoms with Crippen molar-refractivity contribution in [1.29, 1.82) is 0 Å². The number of carbonyl (C=O) groups is 1. The lowest BCUT2D eigenvalue weighted by atomic mass is 10.0. The number of benzene rings is 1. The average Bonchev–Trinajstić information content (AvgIpc) is 3.24. The van der Waals surface area contributed by atoms with E-state index in [1.165, 1.54) is 0 Å². The van der Waals surface area contributed by atoms with Crippen LogP contribution in [0.2, 0.25) is 0 Å². The quantitative estimate of drug-likeness (QED) is 0.575. The molecule has 180 valence electrons. The first kappa shape index (κ1) is 25.1. The van der Waals surface area contributed by atoms with E-state index < -0.39 is 10.0 Å². The molecule has 2 aliphatic rings. The standard InChI is InChI=1S/C24H40N4O3S/c1-4-26-14-5-6-22(26)19-28(15-11-24(29)27-16-12-25-13-17-27)32(30,31)23-9-7-21(8-10-23)18-20(2)3/h7-10,20,22,25H,4-6,11-19H2,1-3H3. The van der Waals surface area contributed by atoms with Crippen LogP contribution in [0.15, 0.2) is 29.2 Å². The van der Waals surface area contributed by atoms with Gasteiger partial charge in [0, 0.05) is 51.7 Å². The van der Waals surface area contributed by atoms with Crippen molar-refractivity contribution in [3.05, 3.63) is 29.8 Å². The van der Waals surface area contributed by atoms with Crippen LogP contribution in [0.1, 0.15) is 45.6 Å². The number of likely N-dealkylation sites (tertiary alicyclic amines) is 1. The van der Waals surface area contributed by atoms with Gasteiger partial charge >= 0.3 is 0 Å². The third-order valence-corrected chi connectivity index (χ3v) is 8.45. The van der Waals surface area contributed by atoms with Crippen LogP contribution in [0.25, 0.3) is 0 Å². The molecule has 3 rings (SSSR count). The minimum absolute atomic E-state index is 0.0396. The van der Waals surface area contributed by atoms with E-state index in [0.29, 0.717) is 30.4 Å². The number of rotatable bonds is 10. The molecule has 2 saturated heterocycles. The number of nitrogens with zero attached hydrogens (tertiary/aromatic N) is 3. The number of hydrogen-bond donors (Lipinski definition) is 1. The summed E-state index contributed by atoms with van der Waals surface area (Å²) in [7, 11) is -3.67. The van der Waals surface area contributed by atoms with E-state index in [2.05, 4.69) is 31.0 Å².